The van der Waals surface area contributed by atoms with Crippen molar-refractivity contribution in [2.45, 2.75) is 13.5 Å². The number of fused-ring (bicyclic) bond motifs is 1. The van der Waals surface area contributed by atoms with Crippen molar-refractivity contribution in [1.29, 1.82) is 0 Å². The Balaban J connectivity index is 1.81. The van der Waals surface area contributed by atoms with Gasteiger partial charge in [-0.15, -0.1) is 0 Å². The van der Waals surface area contributed by atoms with Gasteiger partial charge in [0.2, 0.25) is 5.95 Å². The van der Waals surface area contributed by atoms with Crippen LogP contribution in [0.2, 0.25) is 0 Å². The second kappa shape index (κ2) is 5.19. The Bertz CT molecular complexity index is 572. The normalized spacial score (nSPS) is 17.1. The molecule has 0 radical (unpaired) electrons. The van der Waals surface area contributed by atoms with E-state index in [0.29, 0.717) is 5.95 Å². The Morgan fingerprint density at radius 1 is 1.26 bits per heavy atom. The van der Waals surface area contributed by atoms with Crippen molar-refractivity contribution in [2.24, 2.45) is 0 Å². The molecule has 0 aliphatic carbocycles. The Kier molecular flexibility index (Phi) is 3.40. The van der Waals surface area contributed by atoms with Gasteiger partial charge in [-0.2, -0.15) is 0 Å². The van der Waals surface area contributed by atoms with Gasteiger partial charge in [0.1, 0.15) is 0 Å². The third-order valence-electron chi connectivity index (χ3n) is 3.74. The lowest BCUT2D eigenvalue weighted by Gasteiger charge is -2.26. The second-order valence-corrected chi connectivity index (χ2v) is 5.02. The number of aromatic nitrogens is 2. The number of nitrogen functional groups attached to an aromatic ring is 1. The van der Waals surface area contributed by atoms with Gasteiger partial charge in [-0.05, 0) is 18.6 Å². The molecule has 2 N–H and O–H groups in total. The van der Waals surface area contributed by atoms with Gasteiger partial charge in [0.25, 0.3) is 0 Å². The van der Waals surface area contributed by atoms with Crippen LogP contribution in [-0.4, -0.2) is 47.3 Å². The number of para-hydroxylation sites is 1. The van der Waals surface area contributed by atoms with E-state index in [1.165, 1.54) is 5.56 Å². The summed E-state index contributed by atoms with van der Waals surface area (Å²) in [6, 6.07) is 6.15. The van der Waals surface area contributed by atoms with Crippen molar-refractivity contribution in [3.05, 3.63) is 23.8 Å². The van der Waals surface area contributed by atoms with E-state index in [2.05, 4.69) is 27.4 Å². The molecule has 0 spiro atoms. The molecule has 1 aliphatic heterocycles. The van der Waals surface area contributed by atoms with Gasteiger partial charge in [-0.1, -0.05) is 12.1 Å². The van der Waals surface area contributed by atoms with E-state index < -0.39 is 0 Å². The minimum Gasteiger partial charge on any atom is -0.379 e. The fourth-order valence-corrected chi connectivity index (χ4v) is 2.68. The van der Waals surface area contributed by atoms with E-state index in [1.807, 2.05) is 12.1 Å². The summed E-state index contributed by atoms with van der Waals surface area (Å²) < 4.78 is 7.49. The molecule has 3 rings (SSSR count). The smallest absolute Gasteiger partial charge is 0.201 e. The number of anilines is 1. The van der Waals surface area contributed by atoms with Crippen LogP contribution in [0.15, 0.2) is 18.2 Å². The number of hydrogen-bond acceptors (Lipinski definition) is 4. The predicted molar refractivity (Wildman–Crippen MR) is 76.1 cm³/mol. The summed E-state index contributed by atoms with van der Waals surface area (Å²) in [7, 11) is 0. The molecule has 1 aromatic heterocycles. The zero-order valence-corrected chi connectivity index (χ0v) is 11.3. The predicted octanol–water partition coefficient (Wildman–Crippen LogP) is 1.26. The highest BCUT2D eigenvalue weighted by atomic mass is 16.5. The lowest BCUT2D eigenvalue weighted by atomic mass is 10.2. The molecule has 1 saturated heterocycles. The molecule has 1 fully saturated rings. The first-order valence-corrected chi connectivity index (χ1v) is 6.77. The van der Waals surface area contributed by atoms with Crippen molar-refractivity contribution in [3.63, 3.8) is 0 Å². The minimum atomic E-state index is 0.609. The first kappa shape index (κ1) is 12.4. The van der Waals surface area contributed by atoms with Gasteiger partial charge >= 0.3 is 0 Å². The molecule has 5 heteroatoms. The number of aryl methyl sites for hydroxylation is 1. The third-order valence-corrected chi connectivity index (χ3v) is 3.74. The number of ether oxygens (including phenoxy) is 1. The van der Waals surface area contributed by atoms with E-state index >= 15 is 0 Å². The standard InChI is InChI=1S/C14H20N4O/c1-11-3-2-4-12-13(11)18(14(15)16-12)6-5-17-7-9-19-10-8-17/h2-4H,5-10H2,1H3,(H2,15,16). The molecule has 1 aromatic carbocycles. The van der Waals surface area contributed by atoms with E-state index in [9.17, 15) is 0 Å². The van der Waals surface area contributed by atoms with Crippen LogP contribution in [0.3, 0.4) is 0 Å². The van der Waals surface area contributed by atoms with Gasteiger partial charge in [0.15, 0.2) is 0 Å². The maximum Gasteiger partial charge on any atom is 0.201 e. The van der Waals surface area contributed by atoms with Gasteiger partial charge < -0.3 is 15.0 Å². The monoisotopic (exact) mass is 260 g/mol. The van der Waals surface area contributed by atoms with E-state index in [4.69, 9.17) is 10.5 Å². The molecule has 5 nitrogen and oxygen atoms in total. The molecule has 2 aromatic rings. The van der Waals surface area contributed by atoms with E-state index in [1.54, 1.807) is 0 Å². The molecule has 2 heterocycles. The van der Waals surface area contributed by atoms with Gasteiger partial charge in [0.05, 0.1) is 24.2 Å². The maximum atomic E-state index is 6.05. The average molecular weight is 260 g/mol. The third kappa shape index (κ3) is 2.43. The fraction of sp³-hybridized carbons (Fsp3) is 0.500. The Labute approximate surface area is 113 Å². The fourth-order valence-electron chi connectivity index (χ4n) is 2.68. The van der Waals surface area contributed by atoms with Crippen LogP contribution in [0.4, 0.5) is 5.95 Å². The van der Waals surface area contributed by atoms with Crippen molar-refractivity contribution < 1.29 is 4.74 Å². The molecule has 19 heavy (non-hydrogen) atoms. The summed E-state index contributed by atoms with van der Waals surface area (Å²) >= 11 is 0. The van der Waals surface area contributed by atoms with Crippen molar-refractivity contribution in [2.75, 3.05) is 38.6 Å². The van der Waals surface area contributed by atoms with E-state index in [0.717, 1.165) is 50.4 Å². The molecule has 1 aliphatic rings. The number of nitrogens with two attached hydrogens (primary N) is 1. The maximum absolute atomic E-state index is 6.05. The van der Waals surface area contributed by atoms with Gasteiger partial charge in [-0.3, -0.25) is 4.90 Å². The van der Waals surface area contributed by atoms with E-state index in [-0.39, 0.29) is 0 Å². The minimum absolute atomic E-state index is 0.609. The quantitative estimate of drug-likeness (QED) is 0.902. The summed E-state index contributed by atoms with van der Waals surface area (Å²) in [5.41, 5.74) is 9.42. The van der Waals surface area contributed by atoms with Crippen LogP contribution in [0.5, 0.6) is 0 Å². The molecule has 0 unspecified atom stereocenters. The van der Waals surface area contributed by atoms with Gasteiger partial charge in [0, 0.05) is 26.2 Å². The number of morpholine rings is 1. The van der Waals surface area contributed by atoms with Crippen LogP contribution >= 0.6 is 0 Å². The van der Waals surface area contributed by atoms with Crippen molar-refractivity contribution in [3.8, 4) is 0 Å². The largest absolute Gasteiger partial charge is 0.379 e. The molecule has 0 atom stereocenters. The summed E-state index contributed by atoms with van der Waals surface area (Å²) in [5, 5.41) is 0. The average Bonchev–Trinajstić information content (AvgIpc) is 2.75. The Morgan fingerprint density at radius 3 is 2.84 bits per heavy atom. The highest BCUT2D eigenvalue weighted by Crippen LogP contribution is 2.21. The Morgan fingerprint density at radius 2 is 2.05 bits per heavy atom. The molecule has 102 valence electrons. The van der Waals surface area contributed by atoms with Crippen LogP contribution in [0, 0.1) is 6.92 Å². The molecule has 0 saturated carbocycles. The van der Waals surface area contributed by atoms with Crippen LogP contribution in [0.1, 0.15) is 5.56 Å². The molecular formula is C14H20N4O. The highest BCUT2D eigenvalue weighted by molar-refractivity contribution is 5.81. The summed E-state index contributed by atoms with van der Waals surface area (Å²) in [6.45, 7) is 7.66. The first-order valence-electron chi connectivity index (χ1n) is 6.77. The number of benzene rings is 1. The van der Waals surface area contributed by atoms with Crippen molar-refractivity contribution in [1.82, 2.24) is 14.5 Å². The lowest BCUT2D eigenvalue weighted by molar-refractivity contribution is 0.0366. The number of nitrogens with zero attached hydrogens (tertiary/aromatic N) is 3. The van der Waals surface area contributed by atoms with Crippen LogP contribution in [-0.2, 0) is 11.3 Å². The summed E-state index contributed by atoms with van der Waals surface area (Å²) in [5.74, 6) is 0.609. The van der Waals surface area contributed by atoms with Crippen molar-refractivity contribution >= 4 is 17.0 Å². The zero-order valence-electron chi connectivity index (χ0n) is 11.3. The molecule has 0 bridgehead atoms. The molecular weight excluding hydrogens is 240 g/mol. The summed E-state index contributed by atoms with van der Waals surface area (Å²) in [6.07, 6.45) is 0. The number of hydrogen-bond donors (Lipinski definition) is 1. The number of rotatable bonds is 3. The Hall–Kier alpha value is -1.59. The zero-order chi connectivity index (χ0) is 13.2. The highest BCUT2D eigenvalue weighted by Gasteiger charge is 2.13. The van der Waals surface area contributed by atoms with Crippen LogP contribution < -0.4 is 5.73 Å². The topological polar surface area (TPSA) is 56.3 Å². The van der Waals surface area contributed by atoms with Gasteiger partial charge in [-0.25, -0.2) is 4.98 Å². The first-order chi connectivity index (χ1) is 9.25. The summed E-state index contributed by atoms with van der Waals surface area (Å²) in [4.78, 5) is 6.84. The number of imidazole rings is 1. The molecule has 0 amide bonds. The van der Waals surface area contributed by atoms with Crippen LogP contribution in [0.25, 0.3) is 11.0 Å². The second-order valence-electron chi connectivity index (χ2n) is 5.02. The lowest BCUT2D eigenvalue weighted by Crippen LogP contribution is -2.38. The SMILES string of the molecule is Cc1cccc2nc(N)n(CCN3CCOCC3)c12.